The molecule has 1 unspecified atom stereocenters. The van der Waals surface area contributed by atoms with Crippen LogP contribution in [-0.4, -0.2) is 32.6 Å². The third kappa shape index (κ3) is 3.39. The molecule has 1 aliphatic heterocycles. The lowest BCUT2D eigenvalue weighted by Crippen LogP contribution is -2.34. The van der Waals surface area contributed by atoms with Crippen LogP contribution in [0, 0.1) is 11.8 Å². The van der Waals surface area contributed by atoms with Crippen molar-refractivity contribution < 1.29 is 9.53 Å². The van der Waals surface area contributed by atoms with Crippen LogP contribution in [0.5, 0.6) is 0 Å². The first-order valence-electron chi connectivity index (χ1n) is 5.49. The van der Waals surface area contributed by atoms with Gasteiger partial charge in [0.1, 0.15) is 5.78 Å². The topological polar surface area (TPSA) is 38.3 Å². The van der Waals surface area contributed by atoms with Crippen molar-refractivity contribution in [3.63, 3.8) is 0 Å². The highest BCUT2D eigenvalue weighted by Gasteiger charge is 2.24. The molecular formula is C11H21NO2. The summed E-state index contributed by atoms with van der Waals surface area (Å²) in [6.07, 6.45) is 2.88. The zero-order valence-electron chi connectivity index (χ0n) is 9.21. The molecule has 1 N–H and O–H groups in total. The molecule has 1 atom stereocenters. The zero-order valence-corrected chi connectivity index (χ0v) is 9.21. The van der Waals surface area contributed by atoms with Gasteiger partial charge in [0, 0.05) is 25.6 Å². The van der Waals surface area contributed by atoms with Crippen LogP contribution < -0.4 is 5.32 Å². The lowest BCUT2D eigenvalue weighted by molar-refractivity contribution is -0.127. The molecule has 0 amide bonds. The highest BCUT2D eigenvalue weighted by atomic mass is 16.5. The van der Waals surface area contributed by atoms with Crippen molar-refractivity contribution in [1.82, 2.24) is 5.32 Å². The molecule has 0 aromatic rings. The molecule has 1 fully saturated rings. The Morgan fingerprint density at radius 3 is 2.71 bits per heavy atom. The molecule has 0 bridgehead atoms. The summed E-state index contributed by atoms with van der Waals surface area (Å²) < 4.78 is 4.99. The highest BCUT2D eigenvalue weighted by Crippen LogP contribution is 2.19. The predicted molar refractivity (Wildman–Crippen MR) is 56.3 cm³/mol. The van der Waals surface area contributed by atoms with Gasteiger partial charge in [0.2, 0.25) is 0 Å². The molecule has 1 saturated heterocycles. The van der Waals surface area contributed by atoms with Crippen LogP contribution in [0.1, 0.15) is 26.2 Å². The molecule has 1 heterocycles. The van der Waals surface area contributed by atoms with E-state index in [1.807, 2.05) is 6.92 Å². The van der Waals surface area contributed by atoms with Crippen molar-refractivity contribution in [2.75, 3.05) is 26.8 Å². The van der Waals surface area contributed by atoms with Gasteiger partial charge in [-0.05, 0) is 32.4 Å². The number of methoxy groups -OCH3 is 1. The SMILES string of the molecule is COCCC(C)C(=O)C1CCNCC1. The summed E-state index contributed by atoms with van der Waals surface area (Å²) in [7, 11) is 1.68. The molecule has 0 aromatic carbocycles. The molecule has 3 nitrogen and oxygen atoms in total. The number of nitrogens with one attached hydrogen (secondary N) is 1. The number of carbonyl (C=O) groups is 1. The maximum Gasteiger partial charge on any atom is 0.138 e. The second-order valence-electron chi connectivity index (χ2n) is 4.11. The summed E-state index contributed by atoms with van der Waals surface area (Å²) >= 11 is 0. The predicted octanol–water partition coefficient (Wildman–Crippen LogP) is 1.23. The molecule has 1 rings (SSSR count). The molecule has 3 heteroatoms. The summed E-state index contributed by atoms with van der Waals surface area (Å²) in [6.45, 7) is 4.70. The van der Waals surface area contributed by atoms with E-state index in [0.717, 1.165) is 32.4 Å². The Hall–Kier alpha value is -0.410. The minimum absolute atomic E-state index is 0.165. The fourth-order valence-corrected chi connectivity index (χ4v) is 1.95. The van der Waals surface area contributed by atoms with Crippen LogP contribution >= 0.6 is 0 Å². The van der Waals surface area contributed by atoms with Gasteiger partial charge in [-0.25, -0.2) is 0 Å². The van der Waals surface area contributed by atoms with E-state index >= 15 is 0 Å². The van der Waals surface area contributed by atoms with Crippen LogP contribution in [0.25, 0.3) is 0 Å². The third-order valence-corrected chi connectivity index (χ3v) is 2.98. The Labute approximate surface area is 86.2 Å². The first kappa shape index (κ1) is 11.7. The second kappa shape index (κ2) is 6.14. The molecule has 0 radical (unpaired) electrons. The molecule has 0 aromatic heterocycles. The number of hydrogen-bond donors (Lipinski definition) is 1. The van der Waals surface area contributed by atoms with Gasteiger partial charge < -0.3 is 10.1 Å². The number of Topliss-reactive ketones (excluding diaryl/α,β-unsaturated/α-hetero) is 1. The average Bonchev–Trinajstić information content (AvgIpc) is 2.26. The first-order chi connectivity index (χ1) is 6.75. The summed E-state index contributed by atoms with van der Waals surface area (Å²) in [6, 6.07) is 0. The van der Waals surface area contributed by atoms with Gasteiger partial charge in [-0.2, -0.15) is 0 Å². The third-order valence-electron chi connectivity index (χ3n) is 2.98. The molecule has 0 spiro atoms. The van der Waals surface area contributed by atoms with E-state index < -0.39 is 0 Å². The fraction of sp³-hybridized carbons (Fsp3) is 0.909. The van der Waals surface area contributed by atoms with Crippen LogP contribution in [-0.2, 0) is 9.53 Å². The van der Waals surface area contributed by atoms with E-state index in [1.54, 1.807) is 7.11 Å². The van der Waals surface area contributed by atoms with Gasteiger partial charge in [0.25, 0.3) is 0 Å². The lowest BCUT2D eigenvalue weighted by atomic mass is 9.86. The summed E-state index contributed by atoms with van der Waals surface area (Å²) in [4.78, 5) is 11.9. The highest BCUT2D eigenvalue weighted by molar-refractivity contribution is 5.83. The Bertz CT molecular complexity index is 176. The molecule has 1 aliphatic rings. The smallest absolute Gasteiger partial charge is 0.138 e. The molecule has 82 valence electrons. The zero-order chi connectivity index (χ0) is 10.4. The van der Waals surface area contributed by atoms with Gasteiger partial charge in [-0.3, -0.25) is 4.79 Å². The van der Waals surface area contributed by atoms with Crippen molar-refractivity contribution in [2.45, 2.75) is 26.2 Å². The Morgan fingerprint density at radius 2 is 2.14 bits per heavy atom. The minimum Gasteiger partial charge on any atom is -0.385 e. The number of hydrogen-bond acceptors (Lipinski definition) is 3. The Morgan fingerprint density at radius 1 is 1.50 bits per heavy atom. The minimum atomic E-state index is 0.165. The Balaban J connectivity index is 2.30. The van der Waals surface area contributed by atoms with Crippen LogP contribution in [0.3, 0.4) is 0 Å². The van der Waals surface area contributed by atoms with Crippen LogP contribution in [0.15, 0.2) is 0 Å². The number of ketones is 1. The van der Waals surface area contributed by atoms with Gasteiger partial charge >= 0.3 is 0 Å². The van der Waals surface area contributed by atoms with Crippen molar-refractivity contribution in [2.24, 2.45) is 11.8 Å². The quantitative estimate of drug-likeness (QED) is 0.723. The number of rotatable bonds is 5. The first-order valence-corrected chi connectivity index (χ1v) is 5.49. The molecule has 14 heavy (non-hydrogen) atoms. The number of carbonyl (C=O) groups excluding carboxylic acids is 1. The molecular weight excluding hydrogens is 178 g/mol. The maximum absolute atomic E-state index is 11.9. The average molecular weight is 199 g/mol. The summed E-state index contributed by atoms with van der Waals surface area (Å²) in [5, 5.41) is 3.27. The standard InChI is InChI=1S/C11H21NO2/c1-9(5-8-14-2)11(13)10-3-6-12-7-4-10/h9-10,12H,3-8H2,1-2H3. The van der Waals surface area contributed by atoms with E-state index in [4.69, 9.17) is 4.74 Å². The summed E-state index contributed by atoms with van der Waals surface area (Å²) in [5.41, 5.74) is 0. The van der Waals surface area contributed by atoms with Gasteiger partial charge in [-0.1, -0.05) is 6.92 Å². The number of ether oxygens (including phenoxy) is 1. The van der Waals surface area contributed by atoms with E-state index in [1.165, 1.54) is 0 Å². The second-order valence-corrected chi connectivity index (χ2v) is 4.11. The molecule has 0 aliphatic carbocycles. The van der Waals surface area contributed by atoms with Crippen LogP contribution in [0.4, 0.5) is 0 Å². The van der Waals surface area contributed by atoms with E-state index in [2.05, 4.69) is 5.32 Å². The van der Waals surface area contributed by atoms with Gasteiger partial charge in [-0.15, -0.1) is 0 Å². The summed E-state index contributed by atoms with van der Waals surface area (Å²) in [5.74, 6) is 0.893. The largest absolute Gasteiger partial charge is 0.385 e. The van der Waals surface area contributed by atoms with Crippen molar-refractivity contribution in [3.05, 3.63) is 0 Å². The van der Waals surface area contributed by atoms with Gasteiger partial charge in [0.05, 0.1) is 0 Å². The Kier molecular flexibility index (Phi) is 5.12. The van der Waals surface area contributed by atoms with Crippen molar-refractivity contribution >= 4 is 5.78 Å². The van der Waals surface area contributed by atoms with Crippen molar-refractivity contribution in [1.29, 1.82) is 0 Å². The fourth-order valence-electron chi connectivity index (χ4n) is 1.95. The normalized spacial score (nSPS) is 20.7. The van der Waals surface area contributed by atoms with Crippen LogP contribution in [0.2, 0.25) is 0 Å². The van der Waals surface area contributed by atoms with E-state index in [0.29, 0.717) is 18.3 Å². The van der Waals surface area contributed by atoms with E-state index in [9.17, 15) is 4.79 Å². The maximum atomic E-state index is 11.9. The monoisotopic (exact) mass is 199 g/mol. The van der Waals surface area contributed by atoms with Gasteiger partial charge in [0.15, 0.2) is 0 Å². The lowest BCUT2D eigenvalue weighted by Gasteiger charge is -2.24. The number of piperidine rings is 1. The van der Waals surface area contributed by atoms with Crippen molar-refractivity contribution in [3.8, 4) is 0 Å². The molecule has 0 saturated carbocycles. The van der Waals surface area contributed by atoms with E-state index in [-0.39, 0.29) is 5.92 Å².